The summed E-state index contributed by atoms with van der Waals surface area (Å²) >= 11 is 1.00. The molecular formula is C17H23N3O5S2. The molecule has 2 aromatic rings. The van der Waals surface area contributed by atoms with Crippen molar-refractivity contribution < 1.29 is 22.7 Å². The number of esters is 1. The fourth-order valence-electron chi connectivity index (χ4n) is 2.26. The van der Waals surface area contributed by atoms with Crippen molar-refractivity contribution in [2.24, 2.45) is 0 Å². The Balaban J connectivity index is 2.23. The van der Waals surface area contributed by atoms with Gasteiger partial charge in [-0.2, -0.15) is 0 Å². The Hall–Kier alpha value is -2.30. The number of carbonyl (C=O) groups excluding carboxylic acids is 1. The first-order chi connectivity index (χ1) is 12.8. The molecule has 2 N–H and O–H groups in total. The summed E-state index contributed by atoms with van der Waals surface area (Å²) in [6.45, 7) is 1.59. The van der Waals surface area contributed by atoms with E-state index < -0.39 is 16.0 Å². The Bertz CT molecular complexity index is 894. The smallest absolute Gasteiger partial charge is 0.349 e. The number of carbonyl (C=O) groups is 1. The molecule has 0 unspecified atom stereocenters. The van der Waals surface area contributed by atoms with Crippen LogP contribution in [0.1, 0.15) is 9.67 Å². The molecule has 0 radical (unpaired) electrons. The van der Waals surface area contributed by atoms with Gasteiger partial charge in [-0.25, -0.2) is 13.2 Å². The Morgan fingerprint density at radius 1 is 1.22 bits per heavy atom. The molecule has 0 spiro atoms. The van der Waals surface area contributed by atoms with E-state index in [0.29, 0.717) is 5.75 Å². The average Bonchev–Trinajstić information content (AvgIpc) is 3.12. The fraction of sp³-hybridized carbons (Fsp3) is 0.353. The molecule has 27 heavy (non-hydrogen) atoms. The standard InChI is InChI=1S/C17H23N3O5S2/c1-20(2)9-8-18-12-5-6-13(14(11-12)24-3)19-27(22,23)15-7-10-26-16(15)17(21)25-4/h5-7,10-11,18-19H,8-9H2,1-4H3. The molecule has 8 nitrogen and oxygen atoms in total. The van der Waals surface area contributed by atoms with Crippen LogP contribution >= 0.6 is 11.3 Å². The maximum atomic E-state index is 12.7. The predicted octanol–water partition coefficient (Wildman–Crippen LogP) is 2.32. The molecule has 10 heteroatoms. The molecule has 0 amide bonds. The van der Waals surface area contributed by atoms with E-state index in [-0.39, 0.29) is 15.5 Å². The highest BCUT2D eigenvalue weighted by molar-refractivity contribution is 7.93. The van der Waals surface area contributed by atoms with Crippen molar-refractivity contribution >= 4 is 38.7 Å². The number of methoxy groups -OCH3 is 2. The van der Waals surface area contributed by atoms with Crippen molar-refractivity contribution in [3.63, 3.8) is 0 Å². The molecule has 0 aliphatic heterocycles. The summed E-state index contributed by atoms with van der Waals surface area (Å²) in [5.74, 6) is -0.332. The van der Waals surface area contributed by atoms with Gasteiger partial charge in [-0.1, -0.05) is 0 Å². The maximum Gasteiger partial charge on any atom is 0.349 e. The van der Waals surface area contributed by atoms with Gasteiger partial charge in [0, 0.05) is 24.8 Å². The summed E-state index contributed by atoms with van der Waals surface area (Å²) in [5.41, 5.74) is 1.08. The lowest BCUT2D eigenvalue weighted by Gasteiger charge is -2.15. The van der Waals surface area contributed by atoms with E-state index in [1.54, 1.807) is 18.2 Å². The second-order valence-corrected chi connectivity index (χ2v) is 8.42. The number of ether oxygens (including phenoxy) is 2. The molecule has 1 aromatic carbocycles. The largest absolute Gasteiger partial charge is 0.494 e. The first kappa shape index (κ1) is 21.0. The molecular weight excluding hydrogens is 390 g/mol. The number of sulfonamides is 1. The van der Waals surface area contributed by atoms with E-state index in [1.807, 2.05) is 19.0 Å². The van der Waals surface area contributed by atoms with E-state index in [4.69, 9.17) is 4.74 Å². The Labute approximate surface area is 163 Å². The lowest BCUT2D eigenvalue weighted by molar-refractivity contribution is 0.0602. The molecule has 0 aliphatic rings. The van der Waals surface area contributed by atoms with Gasteiger partial charge in [-0.05, 0) is 37.7 Å². The van der Waals surface area contributed by atoms with Gasteiger partial charge in [0.25, 0.3) is 10.0 Å². The second-order valence-electron chi connectivity index (χ2n) is 5.86. The lowest BCUT2D eigenvalue weighted by atomic mass is 10.2. The number of benzene rings is 1. The maximum absolute atomic E-state index is 12.7. The third-order valence-electron chi connectivity index (χ3n) is 3.62. The molecule has 1 aromatic heterocycles. The van der Waals surface area contributed by atoms with Gasteiger partial charge < -0.3 is 19.7 Å². The van der Waals surface area contributed by atoms with Crippen LogP contribution in [0.15, 0.2) is 34.5 Å². The third kappa shape index (κ3) is 5.34. The fourth-order valence-corrected chi connectivity index (χ4v) is 4.67. The van der Waals surface area contributed by atoms with Crippen LogP contribution in [0.25, 0.3) is 0 Å². The van der Waals surface area contributed by atoms with Crippen LogP contribution in [0.2, 0.25) is 0 Å². The zero-order valence-corrected chi connectivity index (χ0v) is 17.2. The second kappa shape index (κ2) is 9.07. The lowest BCUT2D eigenvalue weighted by Crippen LogP contribution is -2.20. The molecule has 148 valence electrons. The number of likely N-dealkylation sites (N-methyl/N-ethyl adjacent to an activating group) is 1. The van der Waals surface area contributed by atoms with Crippen LogP contribution in [0, 0.1) is 0 Å². The van der Waals surface area contributed by atoms with Crippen molar-refractivity contribution in [1.29, 1.82) is 0 Å². The Kier molecular flexibility index (Phi) is 7.05. The minimum atomic E-state index is -3.98. The van der Waals surface area contributed by atoms with Gasteiger partial charge in [0.15, 0.2) is 0 Å². The number of hydrogen-bond acceptors (Lipinski definition) is 8. The van der Waals surface area contributed by atoms with Crippen molar-refractivity contribution in [2.45, 2.75) is 4.90 Å². The molecule has 0 saturated heterocycles. The van der Waals surface area contributed by atoms with Gasteiger partial charge in [0.2, 0.25) is 0 Å². The van der Waals surface area contributed by atoms with Gasteiger partial charge in [-0.15, -0.1) is 11.3 Å². The number of nitrogens with zero attached hydrogens (tertiary/aromatic N) is 1. The zero-order valence-electron chi connectivity index (χ0n) is 15.6. The summed E-state index contributed by atoms with van der Waals surface area (Å²) in [6, 6.07) is 6.44. The number of nitrogens with one attached hydrogen (secondary N) is 2. The summed E-state index contributed by atoms with van der Waals surface area (Å²) in [6.07, 6.45) is 0. The average molecular weight is 414 g/mol. The molecule has 0 bridgehead atoms. The Morgan fingerprint density at radius 3 is 2.59 bits per heavy atom. The summed E-state index contributed by atoms with van der Waals surface area (Å²) in [7, 11) is 2.65. The number of anilines is 2. The van der Waals surface area contributed by atoms with Crippen molar-refractivity contribution in [3.05, 3.63) is 34.5 Å². The van der Waals surface area contributed by atoms with E-state index in [2.05, 4.69) is 14.8 Å². The normalized spacial score (nSPS) is 11.3. The summed E-state index contributed by atoms with van der Waals surface area (Å²) in [5, 5.41) is 4.77. The highest BCUT2D eigenvalue weighted by Crippen LogP contribution is 2.31. The van der Waals surface area contributed by atoms with Crippen molar-refractivity contribution in [1.82, 2.24) is 4.90 Å². The van der Waals surface area contributed by atoms with E-state index in [9.17, 15) is 13.2 Å². The van der Waals surface area contributed by atoms with Crippen LogP contribution < -0.4 is 14.8 Å². The van der Waals surface area contributed by atoms with Gasteiger partial charge >= 0.3 is 5.97 Å². The van der Waals surface area contributed by atoms with Crippen LogP contribution in [0.3, 0.4) is 0 Å². The molecule has 0 saturated carbocycles. The number of rotatable bonds is 9. The first-order valence-corrected chi connectivity index (χ1v) is 10.4. The minimum Gasteiger partial charge on any atom is -0.494 e. The van der Waals surface area contributed by atoms with Crippen LogP contribution in [-0.2, 0) is 14.8 Å². The van der Waals surface area contributed by atoms with Gasteiger partial charge in [-0.3, -0.25) is 4.72 Å². The van der Waals surface area contributed by atoms with Crippen molar-refractivity contribution in [3.8, 4) is 5.75 Å². The number of thiophene rings is 1. The monoisotopic (exact) mass is 413 g/mol. The SMILES string of the molecule is COC(=O)c1sccc1S(=O)(=O)Nc1ccc(NCCN(C)C)cc1OC. The van der Waals surface area contributed by atoms with E-state index in [0.717, 1.165) is 30.1 Å². The highest BCUT2D eigenvalue weighted by atomic mass is 32.2. The van der Waals surface area contributed by atoms with Crippen LogP contribution in [-0.4, -0.2) is 60.7 Å². The van der Waals surface area contributed by atoms with Gasteiger partial charge in [0.1, 0.15) is 15.5 Å². The molecule has 1 heterocycles. The summed E-state index contributed by atoms with van der Waals surface area (Å²) in [4.78, 5) is 13.7. The predicted molar refractivity (Wildman–Crippen MR) is 107 cm³/mol. The van der Waals surface area contributed by atoms with Crippen molar-refractivity contribution in [2.75, 3.05) is 51.4 Å². The van der Waals surface area contributed by atoms with Crippen LogP contribution in [0.4, 0.5) is 11.4 Å². The first-order valence-electron chi connectivity index (χ1n) is 8.03. The zero-order chi connectivity index (χ0) is 20.0. The minimum absolute atomic E-state index is 0.0194. The third-order valence-corrected chi connectivity index (χ3v) is 6.05. The van der Waals surface area contributed by atoms with Crippen LogP contribution in [0.5, 0.6) is 5.75 Å². The van der Waals surface area contributed by atoms with Gasteiger partial charge in [0.05, 0.1) is 19.9 Å². The topological polar surface area (TPSA) is 97.0 Å². The Morgan fingerprint density at radius 2 is 1.96 bits per heavy atom. The van der Waals surface area contributed by atoms with E-state index in [1.165, 1.54) is 25.7 Å². The van der Waals surface area contributed by atoms with E-state index >= 15 is 0 Å². The molecule has 0 fully saturated rings. The quantitative estimate of drug-likeness (QED) is 0.609. The number of hydrogen-bond donors (Lipinski definition) is 2. The molecule has 0 aliphatic carbocycles. The molecule has 2 rings (SSSR count). The summed E-state index contributed by atoms with van der Waals surface area (Å²) < 4.78 is 37.8. The highest BCUT2D eigenvalue weighted by Gasteiger charge is 2.25. The molecule has 0 atom stereocenters.